The van der Waals surface area contributed by atoms with Crippen LogP contribution in [-0.2, 0) is 0 Å². The van der Waals surface area contributed by atoms with Gasteiger partial charge in [0.2, 0.25) is 0 Å². The number of thiophene rings is 1. The smallest absolute Gasteiger partial charge is 0.179 e. The molecule has 0 unspecified atom stereocenters. The van der Waals surface area contributed by atoms with Crippen LogP contribution in [0.3, 0.4) is 0 Å². The average Bonchev–Trinajstić information content (AvgIpc) is 3.51. The van der Waals surface area contributed by atoms with Gasteiger partial charge in [-0.15, -0.1) is 11.3 Å². The summed E-state index contributed by atoms with van der Waals surface area (Å²) in [5.41, 5.74) is 4.69. The summed E-state index contributed by atoms with van der Waals surface area (Å²) >= 11 is 1.82. The maximum atomic E-state index is 5.52. The minimum absolute atomic E-state index is 0.636. The largest absolute Gasteiger partial charge is 0.242 e. The molecule has 0 saturated carbocycles. The van der Waals surface area contributed by atoms with Crippen molar-refractivity contribution in [3.05, 3.63) is 140 Å². The number of hydrogen-bond acceptors (Lipinski definition) is 4. The summed E-state index contributed by atoms with van der Waals surface area (Å²) in [4.78, 5) is 16.0. The number of hydrogen-bond donors (Lipinski definition) is 0. The second-order valence-electron chi connectivity index (χ2n) is 11.6. The van der Waals surface area contributed by atoms with E-state index in [1.807, 2.05) is 17.4 Å². The van der Waals surface area contributed by atoms with Gasteiger partial charge in [-0.3, -0.25) is 0 Å². The lowest BCUT2D eigenvalue weighted by Gasteiger charge is -2.14. The molecule has 7 aromatic carbocycles. The van der Waals surface area contributed by atoms with E-state index in [-0.39, 0.29) is 0 Å². The molecule has 0 N–H and O–H groups in total. The molecule has 0 atom stereocenters. The van der Waals surface area contributed by atoms with Gasteiger partial charge < -0.3 is 0 Å². The Hall–Kier alpha value is -5.71. The molecule has 4 heteroatoms. The molecule has 0 aliphatic heterocycles. The van der Waals surface area contributed by atoms with Gasteiger partial charge in [-0.25, -0.2) is 15.0 Å². The van der Waals surface area contributed by atoms with Crippen LogP contribution in [0.25, 0.3) is 97.1 Å². The van der Waals surface area contributed by atoms with Crippen LogP contribution in [0.2, 0.25) is 0 Å². The zero-order valence-electron chi connectivity index (χ0n) is 24.0. The maximum Gasteiger partial charge on any atom is 0.179 e. The summed E-state index contributed by atoms with van der Waals surface area (Å²) in [5.74, 6) is 0.636. The van der Waals surface area contributed by atoms with Gasteiger partial charge >= 0.3 is 0 Å². The number of fused-ring (bicyclic) bond motifs is 12. The molecular weight excluding hydrogens is 567 g/mol. The lowest BCUT2D eigenvalue weighted by Crippen LogP contribution is -1.99. The molecule has 10 rings (SSSR count). The molecule has 3 aromatic heterocycles. The van der Waals surface area contributed by atoms with Gasteiger partial charge in [0, 0.05) is 37.2 Å². The van der Waals surface area contributed by atoms with Gasteiger partial charge in [-0.2, -0.15) is 0 Å². The van der Waals surface area contributed by atoms with Gasteiger partial charge in [-0.05, 0) is 45.1 Å². The highest BCUT2D eigenvalue weighted by Gasteiger charge is 2.21. The fourth-order valence-electron chi connectivity index (χ4n) is 7.01. The number of aromatic nitrogens is 3. The highest BCUT2D eigenvalue weighted by molar-refractivity contribution is 7.27. The summed E-state index contributed by atoms with van der Waals surface area (Å²) in [6.07, 6.45) is 0. The molecule has 0 bridgehead atoms. The lowest BCUT2D eigenvalue weighted by molar-refractivity contribution is 1.21. The van der Waals surface area contributed by atoms with Crippen molar-refractivity contribution >= 4 is 85.6 Å². The molecule has 0 amide bonds. The van der Waals surface area contributed by atoms with E-state index in [4.69, 9.17) is 15.0 Å². The predicted octanol–water partition coefficient (Wildman–Crippen LogP) is 11.3. The molecule has 0 aliphatic carbocycles. The van der Waals surface area contributed by atoms with Gasteiger partial charge in [0.25, 0.3) is 0 Å². The maximum absolute atomic E-state index is 5.52. The zero-order chi connectivity index (χ0) is 29.5. The Morgan fingerprint density at radius 3 is 1.87 bits per heavy atom. The molecule has 0 saturated heterocycles. The van der Waals surface area contributed by atoms with Crippen molar-refractivity contribution in [1.29, 1.82) is 0 Å². The summed E-state index contributed by atoms with van der Waals surface area (Å²) in [6, 6.07) is 49.4. The monoisotopic (exact) mass is 589 g/mol. The van der Waals surface area contributed by atoms with Gasteiger partial charge in [0.1, 0.15) is 5.69 Å². The number of rotatable bonds is 2. The van der Waals surface area contributed by atoms with Crippen molar-refractivity contribution in [1.82, 2.24) is 15.0 Å². The molecule has 45 heavy (non-hydrogen) atoms. The van der Waals surface area contributed by atoms with Crippen LogP contribution >= 0.6 is 11.3 Å². The minimum Gasteiger partial charge on any atom is -0.242 e. The van der Waals surface area contributed by atoms with Crippen LogP contribution < -0.4 is 0 Å². The van der Waals surface area contributed by atoms with E-state index in [0.717, 1.165) is 44.1 Å². The Morgan fingerprint density at radius 1 is 0.422 bits per heavy atom. The van der Waals surface area contributed by atoms with Crippen molar-refractivity contribution in [2.24, 2.45) is 0 Å². The van der Waals surface area contributed by atoms with E-state index >= 15 is 0 Å². The van der Waals surface area contributed by atoms with E-state index < -0.39 is 0 Å². The number of nitrogens with zero attached hydrogens (tertiary/aromatic N) is 3. The summed E-state index contributed by atoms with van der Waals surface area (Å²) < 4.78 is 2.47. The topological polar surface area (TPSA) is 38.7 Å². The zero-order valence-corrected chi connectivity index (χ0v) is 24.8. The Bertz CT molecular complexity index is 2830. The van der Waals surface area contributed by atoms with Crippen molar-refractivity contribution in [3.63, 3.8) is 0 Å². The second kappa shape index (κ2) is 9.39. The fraction of sp³-hybridized carbons (Fsp3) is 0. The molecular formula is C41H23N3S. The molecule has 0 radical (unpaired) electrons. The highest BCUT2D eigenvalue weighted by Crippen LogP contribution is 2.46. The van der Waals surface area contributed by atoms with E-state index in [0.29, 0.717) is 5.82 Å². The predicted molar refractivity (Wildman–Crippen MR) is 191 cm³/mol. The number of pyridine rings is 1. The molecule has 0 spiro atoms. The summed E-state index contributed by atoms with van der Waals surface area (Å²) in [6.45, 7) is 0. The SMILES string of the molecule is c1ccc2cc(-c3nc(-c4nc5c6sc7ccccc7c6c6ccccc6c5c5ccccc45)nc4ccccc34)ccc2c1. The van der Waals surface area contributed by atoms with Crippen LogP contribution in [0.5, 0.6) is 0 Å². The third-order valence-electron chi connectivity index (χ3n) is 9.03. The molecule has 0 fully saturated rings. The second-order valence-corrected chi connectivity index (χ2v) is 12.6. The first kappa shape index (κ1) is 24.7. The van der Waals surface area contributed by atoms with Crippen molar-refractivity contribution in [3.8, 4) is 22.8 Å². The van der Waals surface area contributed by atoms with Crippen molar-refractivity contribution in [2.45, 2.75) is 0 Å². The summed E-state index contributed by atoms with van der Waals surface area (Å²) in [7, 11) is 0. The number of para-hydroxylation sites is 1. The van der Waals surface area contributed by atoms with Gasteiger partial charge in [-0.1, -0.05) is 121 Å². The van der Waals surface area contributed by atoms with Crippen molar-refractivity contribution in [2.75, 3.05) is 0 Å². The van der Waals surface area contributed by atoms with Gasteiger partial charge in [0.15, 0.2) is 5.82 Å². The van der Waals surface area contributed by atoms with Crippen LogP contribution in [-0.4, -0.2) is 15.0 Å². The Morgan fingerprint density at radius 2 is 1.04 bits per heavy atom. The normalized spacial score (nSPS) is 12.0. The molecule has 208 valence electrons. The third kappa shape index (κ3) is 3.60. The summed E-state index contributed by atoms with van der Waals surface area (Å²) in [5, 5.41) is 11.8. The molecule has 3 nitrogen and oxygen atoms in total. The first-order valence-electron chi connectivity index (χ1n) is 15.1. The molecule has 3 heterocycles. The van der Waals surface area contributed by atoms with E-state index in [9.17, 15) is 0 Å². The first-order chi connectivity index (χ1) is 22.3. The standard InChI is InChI=1S/C41H23N3S/c1-2-12-25-23-26(22-21-24(25)11-1)37-31-17-7-9-19-33(31)42-41(44-37)38-30-16-6-5-15-29(30)35-27-13-3-4-14-28(27)36-32-18-8-10-20-34(32)45-40(36)39(35)43-38/h1-23H. The third-order valence-corrected chi connectivity index (χ3v) is 10.2. The van der Waals surface area contributed by atoms with Crippen LogP contribution in [0.4, 0.5) is 0 Å². The van der Waals surface area contributed by atoms with Crippen molar-refractivity contribution < 1.29 is 0 Å². The van der Waals surface area contributed by atoms with E-state index in [2.05, 4.69) is 133 Å². The van der Waals surface area contributed by atoms with Crippen LogP contribution in [0.15, 0.2) is 140 Å². The molecule has 10 aromatic rings. The Balaban J connectivity index is 1.35. The Kier molecular flexibility index (Phi) is 5.16. The van der Waals surface area contributed by atoms with E-state index in [1.54, 1.807) is 0 Å². The fourth-order valence-corrected chi connectivity index (χ4v) is 8.22. The first-order valence-corrected chi connectivity index (χ1v) is 15.9. The molecule has 0 aliphatic rings. The Labute approximate surface area is 262 Å². The van der Waals surface area contributed by atoms with E-state index in [1.165, 1.54) is 47.1 Å². The average molecular weight is 590 g/mol. The minimum atomic E-state index is 0.636. The highest BCUT2D eigenvalue weighted by atomic mass is 32.1. The van der Waals surface area contributed by atoms with Gasteiger partial charge in [0.05, 0.1) is 21.4 Å². The quantitative estimate of drug-likeness (QED) is 0.188. The lowest BCUT2D eigenvalue weighted by atomic mass is 9.95. The van der Waals surface area contributed by atoms with Crippen LogP contribution in [0, 0.1) is 0 Å². The van der Waals surface area contributed by atoms with Crippen LogP contribution in [0.1, 0.15) is 0 Å². The number of benzene rings is 7.